The predicted octanol–water partition coefficient (Wildman–Crippen LogP) is 2.36. The van der Waals surface area contributed by atoms with Crippen molar-refractivity contribution in [2.24, 2.45) is 0 Å². The van der Waals surface area contributed by atoms with Gasteiger partial charge in [-0.05, 0) is 43.7 Å². The van der Waals surface area contributed by atoms with Gasteiger partial charge in [0.2, 0.25) is 0 Å². The Labute approximate surface area is 105 Å². The van der Waals surface area contributed by atoms with E-state index in [0.29, 0.717) is 0 Å². The highest BCUT2D eigenvalue weighted by Crippen LogP contribution is 2.32. The second kappa shape index (κ2) is 4.15. The molecule has 0 N–H and O–H groups in total. The summed E-state index contributed by atoms with van der Waals surface area (Å²) in [5.74, 6) is 0.0634. The van der Waals surface area contributed by atoms with Crippen molar-refractivity contribution in [1.29, 1.82) is 5.26 Å². The first-order chi connectivity index (χ1) is 8.29. The Kier molecular flexibility index (Phi) is 2.64. The molecule has 1 aromatic heterocycles. The molecule has 17 heavy (non-hydrogen) atoms. The lowest BCUT2D eigenvalue weighted by Gasteiger charge is -2.18. The number of nitrogens with zero attached hydrogens (tertiary/aromatic N) is 2. The van der Waals surface area contributed by atoms with Crippen molar-refractivity contribution < 1.29 is 4.79 Å². The first kappa shape index (κ1) is 10.8. The van der Waals surface area contributed by atoms with E-state index in [1.165, 1.54) is 16.9 Å². The third kappa shape index (κ3) is 1.75. The SMILES string of the molecule is N#CC1CCCN1C(=O)c1cc2c(s1)CCC2. The maximum atomic E-state index is 12.3. The molecule has 1 atom stereocenters. The number of likely N-dealkylation sites (tertiary alicyclic amines) is 1. The average Bonchev–Trinajstić information content (AvgIpc) is 3.02. The predicted molar refractivity (Wildman–Crippen MR) is 66.0 cm³/mol. The number of rotatable bonds is 1. The fourth-order valence-electron chi connectivity index (χ4n) is 2.72. The molecule has 1 unspecified atom stereocenters. The van der Waals surface area contributed by atoms with Crippen molar-refractivity contribution in [2.45, 2.75) is 38.1 Å². The summed E-state index contributed by atoms with van der Waals surface area (Å²) in [6.07, 6.45) is 5.23. The fraction of sp³-hybridized carbons (Fsp3) is 0.538. The molecule has 3 nitrogen and oxygen atoms in total. The summed E-state index contributed by atoms with van der Waals surface area (Å²) in [4.78, 5) is 16.3. The number of nitriles is 1. The average molecular weight is 246 g/mol. The zero-order valence-electron chi connectivity index (χ0n) is 9.61. The molecule has 1 saturated heterocycles. The minimum absolute atomic E-state index is 0.0634. The van der Waals surface area contributed by atoms with E-state index in [1.807, 2.05) is 6.07 Å². The highest BCUT2D eigenvalue weighted by molar-refractivity contribution is 7.14. The van der Waals surface area contributed by atoms with Gasteiger partial charge in [0.1, 0.15) is 6.04 Å². The van der Waals surface area contributed by atoms with Crippen LogP contribution in [-0.4, -0.2) is 23.4 Å². The Bertz CT molecular complexity index is 479. The summed E-state index contributed by atoms with van der Waals surface area (Å²) < 4.78 is 0. The molecule has 1 fully saturated rings. The van der Waals surface area contributed by atoms with Gasteiger partial charge in [0.25, 0.3) is 5.91 Å². The third-order valence-corrected chi connectivity index (χ3v) is 4.85. The van der Waals surface area contributed by atoms with E-state index in [1.54, 1.807) is 16.2 Å². The molecule has 2 aliphatic rings. The maximum Gasteiger partial charge on any atom is 0.265 e. The molecule has 0 spiro atoms. The lowest BCUT2D eigenvalue weighted by molar-refractivity contribution is 0.0769. The van der Waals surface area contributed by atoms with Gasteiger partial charge in [-0.15, -0.1) is 11.3 Å². The molecule has 0 bridgehead atoms. The Hall–Kier alpha value is -1.34. The number of amides is 1. The quantitative estimate of drug-likeness (QED) is 0.763. The van der Waals surface area contributed by atoms with Crippen LogP contribution in [0, 0.1) is 11.3 Å². The monoisotopic (exact) mass is 246 g/mol. The minimum atomic E-state index is -0.209. The van der Waals surface area contributed by atoms with Crippen LogP contribution in [0.25, 0.3) is 0 Å². The van der Waals surface area contributed by atoms with Crippen LogP contribution in [-0.2, 0) is 12.8 Å². The second-order valence-electron chi connectivity index (χ2n) is 4.70. The molecule has 4 heteroatoms. The van der Waals surface area contributed by atoms with E-state index >= 15 is 0 Å². The topological polar surface area (TPSA) is 44.1 Å². The largest absolute Gasteiger partial charge is 0.322 e. The first-order valence-corrected chi connectivity index (χ1v) is 6.93. The molecule has 0 saturated carbocycles. The minimum Gasteiger partial charge on any atom is -0.322 e. The van der Waals surface area contributed by atoms with Crippen LogP contribution in [0.4, 0.5) is 0 Å². The Morgan fingerprint density at radius 2 is 2.35 bits per heavy atom. The number of carbonyl (C=O) groups is 1. The number of carbonyl (C=O) groups excluding carboxylic acids is 1. The molecule has 2 heterocycles. The standard InChI is InChI=1S/C13H14N2OS/c14-8-10-4-2-6-15(10)13(16)12-7-9-3-1-5-11(9)17-12/h7,10H,1-6H2. The van der Waals surface area contributed by atoms with Gasteiger partial charge in [-0.25, -0.2) is 0 Å². The lowest BCUT2D eigenvalue weighted by Crippen LogP contribution is -2.34. The van der Waals surface area contributed by atoms with Crippen LogP contribution in [0.5, 0.6) is 0 Å². The second-order valence-corrected chi connectivity index (χ2v) is 5.84. The molecule has 0 radical (unpaired) electrons. The highest BCUT2D eigenvalue weighted by atomic mass is 32.1. The summed E-state index contributed by atoms with van der Waals surface area (Å²) in [6, 6.07) is 4.06. The van der Waals surface area contributed by atoms with E-state index in [4.69, 9.17) is 5.26 Å². The summed E-state index contributed by atoms with van der Waals surface area (Å²) in [5.41, 5.74) is 1.35. The molecule has 1 aliphatic carbocycles. The summed E-state index contributed by atoms with van der Waals surface area (Å²) in [6.45, 7) is 0.736. The van der Waals surface area contributed by atoms with E-state index in [-0.39, 0.29) is 11.9 Å². The molecule has 3 rings (SSSR count). The number of thiophene rings is 1. The molecule has 0 aromatic carbocycles. The lowest BCUT2D eigenvalue weighted by atomic mass is 10.2. The van der Waals surface area contributed by atoms with E-state index in [9.17, 15) is 4.79 Å². The number of aryl methyl sites for hydroxylation is 2. The van der Waals surface area contributed by atoms with Crippen molar-refractivity contribution in [3.05, 3.63) is 21.4 Å². The van der Waals surface area contributed by atoms with Crippen molar-refractivity contribution in [2.75, 3.05) is 6.54 Å². The molecular formula is C13H14N2OS. The molecular weight excluding hydrogens is 232 g/mol. The van der Waals surface area contributed by atoms with Gasteiger partial charge in [0, 0.05) is 11.4 Å². The van der Waals surface area contributed by atoms with Gasteiger partial charge >= 0.3 is 0 Å². The molecule has 1 amide bonds. The molecule has 88 valence electrons. The van der Waals surface area contributed by atoms with Gasteiger partial charge in [-0.3, -0.25) is 4.79 Å². The first-order valence-electron chi connectivity index (χ1n) is 6.12. The smallest absolute Gasteiger partial charge is 0.265 e. The zero-order valence-corrected chi connectivity index (χ0v) is 10.4. The van der Waals surface area contributed by atoms with Crippen molar-refractivity contribution >= 4 is 17.2 Å². The van der Waals surface area contributed by atoms with Crippen molar-refractivity contribution in [3.63, 3.8) is 0 Å². The van der Waals surface area contributed by atoms with Crippen LogP contribution in [0.2, 0.25) is 0 Å². The zero-order chi connectivity index (χ0) is 11.8. The Balaban J connectivity index is 1.84. The number of hydrogen-bond donors (Lipinski definition) is 0. The van der Waals surface area contributed by atoms with Gasteiger partial charge < -0.3 is 4.90 Å². The maximum absolute atomic E-state index is 12.3. The highest BCUT2D eigenvalue weighted by Gasteiger charge is 2.31. The van der Waals surface area contributed by atoms with Crippen LogP contribution in [0.1, 0.15) is 39.4 Å². The van der Waals surface area contributed by atoms with Gasteiger partial charge in [-0.2, -0.15) is 5.26 Å². The van der Waals surface area contributed by atoms with Gasteiger partial charge in [-0.1, -0.05) is 0 Å². The summed E-state index contributed by atoms with van der Waals surface area (Å²) in [5, 5.41) is 9.01. The Morgan fingerprint density at radius 3 is 3.12 bits per heavy atom. The summed E-state index contributed by atoms with van der Waals surface area (Å²) in [7, 11) is 0. The molecule has 1 aromatic rings. The number of hydrogen-bond acceptors (Lipinski definition) is 3. The van der Waals surface area contributed by atoms with Gasteiger partial charge in [0.05, 0.1) is 10.9 Å². The van der Waals surface area contributed by atoms with Crippen molar-refractivity contribution in [1.82, 2.24) is 4.90 Å². The van der Waals surface area contributed by atoms with E-state index in [2.05, 4.69) is 6.07 Å². The fourth-order valence-corrected chi connectivity index (χ4v) is 3.93. The van der Waals surface area contributed by atoms with E-state index in [0.717, 1.165) is 37.1 Å². The van der Waals surface area contributed by atoms with Gasteiger partial charge in [0.15, 0.2) is 0 Å². The third-order valence-electron chi connectivity index (χ3n) is 3.62. The summed E-state index contributed by atoms with van der Waals surface area (Å²) >= 11 is 1.63. The van der Waals surface area contributed by atoms with Crippen LogP contribution >= 0.6 is 11.3 Å². The molecule has 1 aliphatic heterocycles. The van der Waals surface area contributed by atoms with Crippen LogP contribution in [0.15, 0.2) is 6.07 Å². The van der Waals surface area contributed by atoms with Crippen LogP contribution in [0.3, 0.4) is 0 Å². The van der Waals surface area contributed by atoms with Crippen LogP contribution < -0.4 is 0 Å². The number of fused-ring (bicyclic) bond motifs is 1. The van der Waals surface area contributed by atoms with E-state index < -0.39 is 0 Å². The van der Waals surface area contributed by atoms with Crippen molar-refractivity contribution in [3.8, 4) is 6.07 Å². The Morgan fingerprint density at radius 1 is 1.47 bits per heavy atom. The normalized spacial score (nSPS) is 22.5.